The van der Waals surface area contributed by atoms with Crippen LogP contribution in [0.4, 0.5) is 4.79 Å². The second kappa shape index (κ2) is 9.81. The van der Waals surface area contributed by atoms with Crippen LogP contribution in [-0.4, -0.2) is 34.6 Å². The molecule has 1 aromatic heterocycles. The van der Waals surface area contributed by atoms with Crippen molar-refractivity contribution in [2.75, 3.05) is 0 Å². The zero-order valence-electron chi connectivity index (χ0n) is 18.7. The average molecular weight is 426 g/mol. The van der Waals surface area contributed by atoms with Crippen molar-refractivity contribution in [2.24, 2.45) is 0 Å². The molecule has 1 atom stereocenters. The molecule has 166 valence electrons. The molecule has 3 amide bonds. The van der Waals surface area contributed by atoms with E-state index in [0.29, 0.717) is 5.56 Å². The predicted octanol–water partition coefficient (Wildman–Crippen LogP) is 4.11. The second-order valence-corrected chi connectivity index (χ2v) is 8.30. The summed E-state index contributed by atoms with van der Waals surface area (Å²) in [6.07, 6.45) is 4.08. The number of aromatic nitrogens is 1. The van der Waals surface area contributed by atoms with Crippen LogP contribution in [0.25, 0.3) is 5.69 Å². The lowest BCUT2D eigenvalue weighted by Gasteiger charge is -2.23. The van der Waals surface area contributed by atoms with Crippen LogP contribution in [0.2, 0.25) is 0 Å². The smallest absolute Gasteiger partial charge is 0.340 e. The fourth-order valence-corrected chi connectivity index (χ4v) is 4.02. The Morgan fingerprint density at radius 1 is 1.03 bits per heavy atom. The standard InChI is InChI=1S/C24H31N3O4/c1-15-10-12-20(13-11-15)27-16(2)14-21(17(27)3)23(29)31-18(4)22(28)26-24(30)25-19-8-6-5-7-9-19/h10-14,18-19H,5-9H2,1-4H3,(H2,25,26,28,30)/t18-/m1/s1. The molecule has 7 heteroatoms. The van der Waals surface area contributed by atoms with Crippen LogP contribution in [0, 0.1) is 20.8 Å². The van der Waals surface area contributed by atoms with Gasteiger partial charge in [-0.25, -0.2) is 9.59 Å². The Labute approximate surface area is 183 Å². The van der Waals surface area contributed by atoms with Crippen molar-refractivity contribution in [3.63, 3.8) is 0 Å². The maximum Gasteiger partial charge on any atom is 0.340 e. The topological polar surface area (TPSA) is 89.4 Å². The summed E-state index contributed by atoms with van der Waals surface area (Å²) in [6, 6.07) is 9.30. The molecular formula is C24H31N3O4. The molecule has 0 saturated heterocycles. The molecule has 7 nitrogen and oxygen atoms in total. The van der Waals surface area contributed by atoms with Gasteiger partial charge in [-0.15, -0.1) is 0 Å². The zero-order valence-corrected chi connectivity index (χ0v) is 18.7. The van der Waals surface area contributed by atoms with E-state index < -0.39 is 24.0 Å². The Bertz CT molecular complexity index is 956. The molecule has 1 fully saturated rings. The molecule has 0 bridgehead atoms. The molecule has 0 spiro atoms. The summed E-state index contributed by atoms with van der Waals surface area (Å²) in [5.74, 6) is -1.24. The van der Waals surface area contributed by atoms with Crippen LogP contribution < -0.4 is 10.6 Å². The van der Waals surface area contributed by atoms with Crippen molar-refractivity contribution in [1.82, 2.24) is 15.2 Å². The van der Waals surface area contributed by atoms with E-state index in [0.717, 1.165) is 48.3 Å². The Balaban J connectivity index is 1.61. The summed E-state index contributed by atoms with van der Waals surface area (Å²) < 4.78 is 7.32. The van der Waals surface area contributed by atoms with Crippen LogP contribution in [0.3, 0.4) is 0 Å². The van der Waals surface area contributed by atoms with Gasteiger partial charge in [0.05, 0.1) is 5.56 Å². The Kier molecular flexibility index (Phi) is 7.15. The number of aryl methyl sites for hydroxylation is 2. The third-order valence-corrected chi connectivity index (χ3v) is 5.77. The number of amides is 3. The van der Waals surface area contributed by atoms with E-state index in [1.807, 2.05) is 49.6 Å². The van der Waals surface area contributed by atoms with Crippen LogP contribution in [0.15, 0.2) is 30.3 Å². The average Bonchev–Trinajstić information content (AvgIpc) is 3.03. The fraction of sp³-hybridized carbons (Fsp3) is 0.458. The fourth-order valence-electron chi connectivity index (χ4n) is 4.02. The van der Waals surface area contributed by atoms with Gasteiger partial charge in [0.2, 0.25) is 0 Å². The minimum Gasteiger partial charge on any atom is -0.449 e. The second-order valence-electron chi connectivity index (χ2n) is 8.30. The molecule has 2 aromatic rings. The molecule has 1 saturated carbocycles. The van der Waals surface area contributed by atoms with Crippen LogP contribution in [-0.2, 0) is 9.53 Å². The molecule has 2 N–H and O–H groups in total. The number of benzene rings is 1. The molecule has 0 aliphatic heterocycles. The number of hydrogen-bond donors (Lipinski definition) is 2. The Hall–Kier alpha value is -3.09. The van der Waals surface area contributed by atoms with Gasteiger partial charge >= 0.3 is 12.0 Å². The number of nitrogens with zero attached hydrogens (tertiary/aromatic N) is 1. The first-order chi connectivity index (χ1) is 14.8. The monoisotopic (exact) mass is 425 g/mol. The predicted molar refractivity (Wildman–Crippen MR) is 118 cm³/mol. The lowest BCUT2D eigenvalue weighted by Crippen LogP contribution is -2.48. The summed E-state index contributed by atoms with van der Waals surface area (Å²) in [5.41, 5.74) is 4.11. The third-order valence-electron chi connectivity index (χ3n) is 5.77. The number of rotatable bonds is 5. The molecule has 1 heterocycles. The van der Waals surface area contributed by atoms with Crippen molar-refractivity contribution >= 4 is 17.9 Å². The summed E-state index contributed by atoms with van der Waals surface area (Å²) in [7, 11) is 0. The van der Waals surface area contributed by atoms with Crippen molar-refractivity contribution in [2.45, 2.75) is 71.9 Å². The van der Waals surface area contributed by atoms with Gasteiger partial charge in [-0.1, -0.05) is 37.0 Å². The number of urea groups is 1. The lowest BCUT2D eigenvalue weighted by molar-refractivity contribution is -0.127. The number of esters is 1. The molecule has 1 aliphatic carbocycles. The van der Waals surface area contributed by atoms with Gasteiger partial charge in [-0.3, -0.25) is 10.1 Å². The molecular weight excluding hydrogens is 394 g/mol. The van der Waals surface area contributed by atoms with Crippen molar-refractivity contribution in [3.05, 3.63) is 52.8 Å². The van der Waals surface area contributed by atoms with E-state index in [2.05, 4.69) is 10.6 Å². The first-order valence-corrected chi connectivity index (χ1v) is 10.8. The van der Waals surface area contributed by atoms with Crippen LogP contribution >= 0.6 is 0 Å². The minimum atomic E-state index is -1.09. The van der Waals surface area contributed by atoms with Gasteiger partial charge in [-0.05, 0) is 58.7 Å². The highest BCUT2D eigenvalue weighted by Crippen LogP contribution is 2.22. The number of carbonyl (C=O) groups excluding carboxylic acids is 3. The van der Waals surface area contributed by atoms with Crippen LogP contribution in [0.5, 0.6) is 0 Å². The van der Waals surface area contributed by atoms with Crippen LogP contribution in [0.1, 0.15) is 66.3 Å². The van der Waals surface area contributed by atoms with E-state index in [-0.39, 0.29) is 6.04 Å². The number of ether oxygens (including phenoxy) is 1. The SMILES string of the molecule is Cc1ccc(-n2c(C)cc(C(=O)O[C@H](C)C(=O)NC(=O)NC3CCCCC3)c2C)cc1. The number of carbonyl (C=O) groups is 3. The molecule has 31 heavy (non-hydrogen) atoms. The van der Waals surface area contributed by atoms with Crippen molar-refractivity contribution in [1.29, 1.82) is 0 Å². The first-order valence-electron chi connectivity index (χ1n) is 10.8. The minimum absolute atomic E-state index is 0.0894. The van der Waals surface area contributed by atoms with Gasteiger partial charge < -0.3 is 14.6 Å². The van der Waals surface area contributed by atoms with Crippen molar-refractivity contribution < 1.29 is 19.1 Å². The molecule has 3 rings (SSSR count). The van der Waals surface area contributed by atoms with Gasteiger partial charge in [-0.2, -0.15) is 0 Å². The Morgan fingerprint density at radius 3 is 2.32 bits per heavy atom. The first kappa shape index (κ1) is 22.6. The maximum atomic E-state index is 12.7. The largest absolute Gasteiger partial charge is 0.449 e. The summed E-state index contributed by atoms with van der Waals surface area (Å²) in [6.45, 7) is 7.23. The number of nitrogens with one attached hydrogen (secondary N) is 2. The van der Waals surface area contributed by atoms with E-state index in [9.17, 15) is 14.4 Å². The number of hydrogen-bond acceptors (Lipinski definition) is 4. The van der Waals surface area contributed by atoms with Gasteiger partial charge in [0.25, 0.3) is 5.91 Å². The molecule has 1 aliphatic rings. The highest BCUT2D eigenvalue weighted by molar-refractivity contribution is 5.99. The van der Waals surface area contributed by atoms with E-state index in [1.165, 1.54) is 13.3 Å². The summed E-state index contributed by atoms with van der Waals surface area (Å²) >= 11 is 0. The quantitative estimate of drug-likeness (QED) is 0.706. The normalized spacial score (nSPS) is 15.2. The molecule has 0 unspecified atom stereocenters. The van der Waals surface area contributed by atoms with Gasteiger partial charge in [0.15, 0.2) is 6.10 Å². The maximum absolute atomic E-state index is 12.7. The van der Waals surface area contributed by atoms with Gasteiger partial charge in [0, 0.05) is 23.1 Å². The van der Waals surface area contributed by atoms with Crippen molar-refractivity contribution in [3.8, 4) is 5.69 Å². The van der Waals surface area contributed by atoms with E-state index in [4.69, 9.17) is 4.74 Å². The summed E-state index contributed by atoms with van der Waals surface area (Å²) in [5, 5.41) is 5.09. The number of imide groups is 1. The third kappa shape index (κ3) is 5.54. The Morgan fingerprint density at radius 2 is 1.68 bits per heavy atom. The summed E-state index contributed by atoms with van der Waals surface area (Å²) in [4.78, 5) is 37.1. The highest BCUT2D eigenvalue weighted by atomic mass is 16.5. The van der Waals surface area contributed by atoms with Gasteiger partial charge in [0.1, 0.15) is 0 Å². The zero-order chi connectivity index (χ0) is 22.5. The lowest BCUT2D eigenvalue weighted by atomic mass is 9.96. The highest BCUT2D eigenvalue weighted by Gasteiger charge is 2.25. The molecule has 1 aromatic carbocycles. The molecule has 0 radical (unpaired) electrons. The van der Waals surface area contributed by atoms with E-state index in [1.54, 1.807) is 6.07 Å². The van der Waals surface area contributed by atoms with E-state index >= 15 is 0 Å².